The molecule has 0 radical (unpaired) electrons. The number of hydrogen-bond donors (Lipinski definition) is 1. The van der Waals surface area contributed by atoms with Crippen LogP contribution in [0.1, 0.15) is 13.3 Å². The molecule has 0 fully saturated rings. The van der Waals surface area contributed by atoms with Crippen LogP contribution >= 0.6 is 11.8 Å². The normalized spacial score (nSPS) is 18.6. The maximum Gasteiger partial charge on any atom is 0.162 e. The first kappa shape index (κ1) is 11.5. The average Bonchev–Trinajstić information content (AvgIpc) is 2.36. The number of benzene rings is 1. The molecule has 4 heteroatoms. The van der Waals surface area contributed by atoms with Gasteiger partial charge in [0.05, 0.1) is 19.9 Å². The van der Waals surface area contributed by atoms with E-state index in [0.717, 1.165) is 23.7 Å². The highest BCUT2D eigenvalue weighted by Crippen LogP contribution is 2.42. The maximum absolute atomic E-state index is 5.31. The predicted octanol–water partition coefficient (Wildman–Crippen LogP) is 3.00. The highest BCUT2D eigenvalue weighted by atomic mass is 32.2. The fourth-order valence-corrected chi connectivity index (χ4v) is 2.89. The van der Waals surface area contributed by atoms with E-state index in [0.29, 0.717) is 5.25 Å². The van der Waals surface area contributed by atoms with Crippen LogP contribution in [0.5, 0.6) is 11.5 Å². The van der Waals surface area contributed by atoms with Gasteiger partial charge in [-0.15, -0.1) is 11.8 Å². The number of hydrogen-bond acceptors (Lipinski definition) is 4. The maximum atomic E-state index is 5.31. The van der Waals surface area contributed by atoms with Crippen LogP contribution in [0, 0.1) is 0 Å². The Balaban J connectivity index is 2.34. The first-order valence-electron chi connectivity index (χ1n) is 5.45. The number of methoxy groups -OCH3 is 2. The number of fused-ring (bicyclic) bond motifs is 1. The molecule has 1 unspecified atom stereocenters. The molecule has 0 spiro atoms. The van der Waals surface area contributed by atoms with Crippen molar-refractivity contribution >= 4 is 17.4 Å². The van der Waals surface area contributed by atoms with Crippen molar-refractivity contribution in [2.75, 3.05) is 26.1 Å². The van der Waals surface area contributed by atoms with E-state index >= 15 is 0 Å². The zero-order valence-electron chi connectivity index (χ0n) is 9.87. The smallest absolute Gasteiger partial charge is 0.162 e. The van der Waals surface area contributed by atoms with Gasteiger partial charge in [-0.05, 0) is 12.5 Å². The van der Waals surface area contributed by atoms with Gasteiger partial charge in [-0.3, -0.25) is 0 Å². The lowest BCUT2D eigenvalue weighted by atomic mass is 10.2. The van der Waals surface area contributed by atoms with Crippen LogP contribution in [0.4, 0.5) is 5.69 Å². The second-order valence-corrected chi connectivity index (χ2v) is 5.07. The molecule has 1 aromatic rings. The van der Waals surface area contributed by atoms with Crippen molar-refractivity contribution in [3.63, 3.8) is 0 Å². The lowest BCUT2D eigenvalue weighted by Gasteiger charge is -2.25. The first-order chi connectivity index (χ1) is 7.78. The number of thioether (sulfide) groups is 1. The molecule has 1 aliphatic rings. The highest BCUT2D eigenvalue weighted by molar-refractivity contribution is 8.00. The molecule has 1 atom stereocenters. The van der Waals surface area contributed by atoms with Crippen LogP contribution in [-0.4, -0.2) is 26.0 Å². The van der Waals surface area contributed by atoms with Crippen molar-refractivity contribution in [2.45, 2.75) is 23.5 Å². The monoisotopic (exact) mass is 239 g/mol. The van der Waals surface area contributed by atoms with E-state index in [9.17, 15) is 0 Å². The third-order valence-electron chi connectivity index (χ3n) is 2.75. The standard InChI is InChI=1S/C12H17NO2S/c1-4-8-7-13-9-5-10(14-2)11(15-3)6-12(9)16-8/h5-6,8,13H,4,7H2,1-3H3. The molecule has 0 aliphatic carbocycles. The van der Waals surface area contributed by atoms with Crippen LogP contribution < -0.4 is 14.8 Å². The molecule has 2 rings (SSSR count). The second kappa shape index (κ2) is 4.87. The summed E-state index contributed by atoms with van der Waals surface area (Å²) in [6.07, 6.45) is 1.17. The second-order valence-electron chi connectivity index (χ2n) is 3.73. The minimum Gasteiger partial charge on any atom is -0.493 e. The van der Waals surface area contributed by atoms with Gasteiger partial charge in [-0.2, -0.15) is 0 Å². The van der Waals surface area contributed by atoms with Gasteiger partial charge in [0.2, 0.25) is 0 Å². The molecule has 16 heavy (non-hydrogen) atoms. The van der Waals surface area contributed by atoms with Crippen molar-refractivity contribution < 1.29 is 9.47 Å². The Morgan fingerprint density at radius 1 is 1.31 bits per heavy atom. The van der Waals surface area contributed by atoms with Gasteiger partial charge in [-0.1, -0.05) is 6.92 Å². The van der Waals surface area contributed by atoms with Gasteiger partial charge in [0.25, 0.3) is 0 Å². The average molecular weight is 239 g/mol. The topological polar surface area (TPSA) is 30.5 Å². The van der Waals surface area contributed by atoms with Crippen LogP contribution in [0.2, 0.25) is 0 Å². The minimum atomic E-state index is 0.644. The van der Waals surface area contributed by atoms with Crippen LogP contribution in [0.15, 0.2) is 17.0 Å². The van der Waals surface area contributed by atoms with E-state index in [2.05, 4.69) is 12.2 Å². The van der Waals surface area contributed by atoms with Gasteiger partial charge >= 0.3 is 0 Å². The van der Waals surface area contributed by atoms with Gasteiger partial charge < -0.3 is 14.8 Å². The van der Waals surface area contributed by atoms with Crippen molar-refractivity contribution in [2.24, 2.45) is 0 Å². The van der Waals surface area contributed by atoms with Gasteiger partial charge in [-0.25, -0.2) is 0 Å². The van der Waals surface area contributed by atoms with E-state index in [1.54, 1.807) is 14.2 Å². The summed E-state index contributed by atoms with van der Waals surface area (Å²) in [5, 5.41) is 4.08. The van der Waals surface area contributed by atoms with E-state index in [1.807, 2.05) is 23.9 Å². The van der Waals surface area contributed by atoms with Crippen molar-refractivity contribution in [1.29, 1.82) is 0 Å². The molecule has 1 N–H and O–H groups in total. The number of rotatable bonds is 3. The molecule has 1 aliphatic heterocycles. The largest absolute Gasteiger partial charge is 0.493 e. The predicted molar refractivity (Wildman–Crippen MR) is 68.0 cm³/mol. The number of anilines is 1. The molecule has 1 aromatic carbocycles. The van der Waals surface area contributed by atoms with Crippen molar-refractivity contribution in [3.05, 3.63) is 12.1 Å². The summed E-state index contributed by atoms with van der Waals surface area (Å²) in [5.41, 5.74) is 1.15. The lowest BCUT2D eigenvalue weighted by Crippen LogP contribution is -2.20. The third kappa shape index (κ3) is 2.07. The quantitative estimate of drug-likeness (QED) is 0.878. The minimum absolute atomic E-state index is 0.644. The van der Waals surface area contributed by atoms with E-state index in [1.165, 1.54) is 11.3 Å². The SMILES string of the molecule is CCC1CNc2cc(OC)c(OC)cc2S1. The Morgan fingerprint density at radius 2 is 2.00 bits per heavy atom. The summed E-state index contributed by atoms with van der Waals surface area (Å²) in [7, 11) is 3.33. The molecule has 88 valence electrons. The number of nitrogens with one attached hydrogen (secondary N) is 1. The van der Waals surface area contributed by atoms with E-state index in [4.69, 9.17) is 9.47 Å². The van der Waals surface area contributed by atoms with Gasteiger partial charge in [0.1, 0.15) is 0 Å². The highest BCUT2D eigenvalue weighted by Gasteiger charge is 2.20. The molecule has 0 aromatic heterocycles. The molecule has 0 amide bonds. The molecule has 0 bridgehead atoms. The zero-order valence-corrected chi connectivity index (χ0v) is 10.7. The first-order valence-corrected chi connectivity index (χ1v) is 6.33. The summed E-state index contributed by atoms with van der Waals surface area (Å²) < 4.78 is 10.6. The van der Waals surface area contributed by atoms with Crippen LogP contribution in [0.25, 0.3) is 0 Å². The summed E-state index contributed by atoms with van der Waals surface area (Å²) in [6, 6.07) is 4.06. The molecule has 0 saturated carbocycles. The Morgan fingerprint density at radius 3 is 2.62 bits per heavy atom. The van der Waals surface area contributed by atoms with E-state index < -0.39 is 0 Å². The molecular formula is C12H17NO2S. The van der Waals surface area contributed by atoms with Gasteiger partial charge in [0.15, 0.2) is 11.5 Å². The number of ether oxygens (including phenoxy) is 2. The fourth-order valence-electron chi connectivity index (χ4n) is 1.77. The fraction of sp³-hybridized carbons (Fsp3) is 0.500. The lowest BCUT2D eigenvalue weighted by molar-refractivity contribution is 0.354. The summed E-state index contributed by atoms with van der Waals surface area (Å²) in [4.78, 5) is 1.25. The van der Waals surface area contributed by atoms with Crippen molar-refractivity contribution in [3.8, 4) is 11.5 Å². The summed E-state index contributed by atoms with van der Waals surface area (Å²) >= 11 is 1.91. The molecule has 1 heterocycles. The van der Waals surface area contributed by atoms with Crippen LogP contribution in [0.3, 0.4) is 0 Å². The Labute approximate surface area is 101 Å². The molecule has 3 nitrogen and oxygen atoms in total. The molecular weight excluding hydrogens is 222 g/mol. The zero-order chi connectivity index (χ0) is 11.5. The third-order valence-corrected chi connectivity index (χ3v) is 4.18. The van der Waals surface area contributed by atoms with Gasteiger partial charge in [0, 0.05) is 22.8 Å². The Kier molecular flexibility index (Phi) is 3.49. The van der Waals surface area contributed by atoms with E-state index in [-0.39, 0.29) is 0 Å². The summed E-state index contributed by atoms with van der Waals surface area (Å²) in [6.45, 7) is 3.23. The Bertz CT molecular complexity index is 382. The molecule has 0 saturated heterocycles. The summed E-state index contributed by atoms with van der Waals surface area (Å²) in [5.74, 6) is 1.58. The Hall–Kier alpha value is -1.03. The van der Waals surface area contributed by atoms with Crippen molar-refractivity contribution in [1.82, 2.24) is 0 Å². The van der Waals surface area contributed by atoms with Crippen LogP contribution in [-0.2, 0) is 0 Å².